The second kappa shape index (κ2) is 5.66. The number of anilines is 1. The minimum Gasteiger partial charge on any atom is -0.366 e. The van der Waals surface area contributed by atoms with Gasteiger partial charge < -0.3 is 9.50 Å². The number of hydrogen-bond acceptors (Lipinski definition) is 5. The molecule has 0 bridgehead atoms. The van der Waals surface area contributed by atoms with Crippen molar-refractivity contribution in [1.82, 2.24) is 4.98 Å². The molecule has 0 radical (unpaired) electrons. The maximum atomic E-state index is 12.5. The molecule has 7 heteroatoms. The van der Waals surface area contributed by atoms with E-state index in [4.69, 9.17) is 0 Å². The van der Waals surface area contributed by atoms with E-state index in [0.717, 1.165) is 0 Å². The van der Waals surface area contributed by atoms with E-state index < -0.39 is 10.5 Å². The molecule has 1 heterocycles. The van der Waals surface area contributed by atoms with Gasteiger partial charge in [0.2, 0.25) is 0 Å². The Balaban J connectivity index is 2.12. The normalized spacial score (nSPS) is 11.0. The quantitative estimate of drug-likeness (QED) is 0.852. The lowest BCUT2D eigenvalue weighted by atomic mass is 10.2. The Kier molecular flexibility index (Phi) is 3.96. The SMILES string of the molecule is O=S(=O)(F)Oc1ccccc1CNc1ccccn1. The number of hydrogen-bond donors (Lipinski definition) is 1. The Labute approximate surface area is 110 Å². The monoisotopic (exact) mass is 282 g/mol. The third-order valence-corrected chi connectivity index (χ3v) is 2.67. The van der Waals surface area contributed by atoms with Gasteiger partial charge in [-0.25, -0.2) is 4.98 Å². The summed E-state index contributed by atoms with van der Waals surface area (Å²) in [7, 11) is -5.03. The molecule has 2 rings (SSSR count). The van der Waals surface area contributed by atoms with Crippen molar-refractivity contribution >= 4 is 16.3 Å². The summed E-state index contributed by atoms with van der Waals surface area (Å²) in [6.45, 7) is 0.267. The van der Waals surface area contributed by atoms with Crippen molar-refractivity contribution in [3.05, 3.63) is 54.2 Å². The predicted molar refractivity (Wildman–Crippen MR) is 68.7 cm³/mol. The Morgan fingerprint density at radius 3 is 2.58 bits per heavy atom. The van der Waals surface area contributed by atoms with Gasteiger partial charge in [-0.15, -0.1) is 0 Å². The molecule has 100 valence electrons. The van der Waals surface area contributed by atoms with Crippen molar-refractivity contribution in [3.8, 4) is 5.75 Å². The van der Waals surface area contributed by atoms with Crippen LogP contribution in [-0.2, 0) is 17.0 Å². The molecule has 19 heavy (non-hydrogen) atoms. The molecule has 0 aliphatic rings. The molecular weight excluding hydrogens is 271 g/mol. The van der Waals surface area contributed by atoms with Crippen molar-refractivity contribution in [2.75, 3.05) is 5.32 Å². The van der Waals surface area contributed by atoms with Gasteiger partial charge in [0.1, 0.15) is 11.6 Å². The maximum absolute atomic E-state index is 12.5. The number of nitrogens with one attached hydrogen (secondary N) is 1. The lowest BCUT2D eigenvalue weighted by Gasteiger charge is -2.09. The van der Waals surface area contributed by atoms with Gasteiger partial charge in [0.05, 0.1) is 0 Å². The van der Waals surface area contributed by atoms with Crippen LogP contribution in [-0.4, -0.2) is 13.4 Å². The number of aromatic nitrogens is 1. The molecule has 1 aromatic carbocycles. The van der Waals surface area contributed by atoms with Crippen LogP contribution in [0.3, 0.4) is 0 Å². The zero-order chi connectivity index (χ0) is 13.7. The highest BCUT2D eigenvalue weighted by Gasteiger charge is 2.12. The van der Waals surface area contributed by atoms with E-state index in [9.17, 15) is 12.3 Å². The number of para-hydroxylation sites is 1. The molecular formula is C12H11FN2O3S. The highest BCUT2D eigenvalue weighted by Crippen LogP contribution is 2.21. The summed E-state index contributed by atoms with van der Waals surface area (Å²) in [5.41, 5.74) is 0.509. The Hall–Kier alpha value is -2.15. The molecule has 0 spiro atoms. The zero-order valence-corrected chi connectivity index (χ0v) is 10.6. The topological polar surface area (TPSA) is 68.3 Å². The predicted octanol–water partition coefficient (Wildman–Crippen LogP) is 2.29. The fourth-order valence-corrected chi connectivity index (χ4v) is 1.87. The first-order chi connectivity index (χ1) is 9.04. The van der Waals surface area contributed by atoms with E-state index in [-0.39, 0.29) is 12.3 Å². The van der Waals surface area contributed by atoms with Crippen molar-refractivity contribution in [1.29, 1.82) is 0 Å². The average Bonchev–Trinajstić information content (AvgIpc) is 2.37. The van der Waals surface area contributed by atoms with Crippen LogP contribution in [0.4, 0.5) is 9.70 Å². The molecule has 0 unspecified atom stereocenters. The summed E-state index contributed by atoms with van der Waals surface area (Å²) >= 11 is 0. The van der Waals surface area contributed by atoms with Crippen LogP contribution in [0.1, 0.15) is 5.56 Å². The third kappa shape index (κ3) is 4.22. The first-order valence-corrected chi connectivity index (χ1v) is 6.72. The minimum atomic E-state index is -5.03. The molecule has 0 fully saturated rings. The van der Waals surface area contributed by atoms with E-state index in [0.29, 0.717) is 11.4 Å². The Bertz CT molecular complexity index is 647. The van der Waals surface area contributed by atoms with Crippen LogP contribution in [0, 0.1) is 0 Å². The molecule has 0 saturated heterocycles. The van der Waals surface area contributed by atoms with Crippen LogP contribution in [0.2, 0.25) is 0 Å². The smallest absolute Gasteiger partial charge is 0.366 e. The molecule has 2 aromatic rings. The van der Waals surface area contributed by atoms with Crippen LogP contribution >= 0.6 is 0 Å². The van der Waals surface area contributed by atoms with Crippen LogP contribution in [0.5, 0.6) is 5.75 Å². The lowest BCUT2D eigenvalue weighted by molar-refractivity contribution is 0.438. The van der Waals surface area contributed by atoms with Gasteiger partial charge in [0, 0.05) is 18.3 Å². The summed E-state index contributed by atoms with van der Waals surface area (Å²) in [5, 5.41) is 2.98. The van der Waals surface area contributed by atoms with E-state index in [2.05, 4.69) is 14.5 Å². The lowest BCUT2D eigenvalue weighted by Crippen LogP contribution is -2.07. The average molecular weight is 282 g/mol. The largest absolute Gasteiger partial charge is 0.488 e. The number of benzene rings is 1. The third-order valence-electron chi connectivity index (χ3n) is 2.29. The summed E-state index contributed by atoms with van der Waals surface area (Å²) in [4.78, 5) is 4.05. The summed E-state index contributed by atoms with van der Waals surface area (Å²) in [5.74, 6) is 0.578. The van der Waals surface area contributed by atoms with Crippen molar-refractivity contribution in [3.63, 3.8) is 0 Å². The van der Waals surface area contributed by atoms with Gasteiger partial charge in [0.15, 0.2) is 0 Å². The minimum absolute atomic E-state index is 0.0477. The van der Waals surface area contributed by atoms with Crippen LogP contribution in [0.15, 0.2) is 48.7 Å². The molecule has 5 nitrogen and oxygen atoms in total. The molecule has 0 amide bonds. The second-order valence-electron chi connectivity index (χ2n) is 3.65. The van der Waals surface area contributed by atoms with Gasteiger partial charge >= 0.3 is 10.5 Å². The number of halogens is 1. The first-order valence-electron chi connectivity index (χ1n) is 5.41. The standard InChI is InChI=1S/C12H11FN2O3S/c13-19(16,17)18-11-6-2-1-5-10(11)9-15-12-7-3-4-8-14-12/h1-8H,9H2,(H,14,15). The highest BCUT2D eigenvalue weighted by atomic mass is 32.3. The summed E-state index contributed by atoms with van der Waals surface area (Å²) < 4.78 is 37.8. The Morgan fingerprint density at radius 1 is 1.16 bits per heavy atom. The van der Waals surface area contributed by atoms with E-state index >= 15 is 0 Å². The highest BCUT2D eigenvalue weighted by molar-refractivity contribution is 7.81. The summed E-state index contributed by atoms with van der Waals surface area (Å²) in [6, 6.07) is 11.6. The van der Waals surface area contributed by atoms with E-state index in [1.54, 1.807) is 36.5 Å². The van der Waals surface area contributed by atoms with Gasteiger partial charge in [0.25, 0.3) is 0 Å². The fourth-order valence-electron chi connectivity index (χ4n) is 1.49. The molecule has 0 aliphatic carbocycles. The maximum Gasteiger partial charge on any atom is 0.488 e. The fraction of sp³-hybridized carbons (Fsp3) is 0.0833. The number of rotatable bonds is 5. The number of nitrogens with zero attached hydrogens (tertiary/aromatic N) is 1. The van der Waals surface area contributed by atoms with E-state index in [1.165, 1.54) is 6.07 Å². The van der Waals surface area contributed by atoms with Crippen molar-refractivity contribution < 1.29 is 16.5 Å². The zero-order valence-electron chi connectivity index (χ0n) is 9.78. The Morgan fingerprint density at radius 2 is 1.89 bits per heavy atom. The first kappa shape index (κ1) is 13.3. The molecule has 1 aromatic heterocycles. The van der Waals surface area contributed by atoms with Crippen molar-refractivity contribution in [2.45, 2.75) is 6.54 Å². The van der Waals surface area contributed by atoms with Crippen LogP contribution in [0.25, 0.3) is 0 Å². The van der Waals surface area contributed by atoms with Gasteiger partial charge in [-0.3, -0.25) is 0 Å². The molecule has 0 saturated carbocycles. The summed E-state index contributed by atoms with van der Waals surface area (Å²) in [6.07, 6.45) is 1.62. The van der Waals surface area contributed by atoms with Crippen molar-refractivity contribution in [2.24, 2.45) is 0 Å². The van der Waals surface area contributed by atoms with Gasteiger partial charge in [-0.2, -0.15) is 8.42 Å². The number of pyridine rings is 1. The molecule has 0 aliphatic heterocycles. The van der Waals surface area contributed by atoms with Gasteiger partial charge in [-0.1, -0.05) is 28.2 Å². The molecule has 1 N–H and O–H groups in total. The van der Waals surface area contributed by atoms with Gasteiger partial charge in [-0.05, 0) is 18.2 Å². The molecule has 0 atom stereocenters. The van der Waals surface area contributed by atoms with Crippen LogP contribution < -0.4 is 9.50 Å². The second-order valence-corrected chi connectivity index (χ2v) is 4.61. The van der Waals surface area contributed by atoms with E-state index in [1.807, 2.05) is 6.07 Å².